The maximum atomic E-state index is 13.6. The van der Waals surface area contributed by atoms with Crippen molar-refractivity contribution in [1.29, 1.82) is 0 Å². The Kier molecular flexibility index (Phi) is 8.02. The molecule has 30 heavy (non-hydrogen) atoms. The lowest BCUT2D eigenvalue weighted by atomic mass is 9.98. The smallest absolute Gasteiger partial charge is 0.165 e. The van der Waals surface area contributed by atoms with Crippen LogP contribution in [-0.2, 0) is 4.84 Å². The molecule has 0 atom stereocenters. The van der Waals surface area contributed by atoms with E-state index in [0.29, 0.717) is 5.92 Å². The predicted molar refractivity (Wildman–Crippen MR) is 120 cm³/mol. The molecule has 3 aromatic rings. The van der Waals surface area contributed by atoms with Crippen LogP contribution in [0, 0.1) is 11.7 Å². The van der Waals surface area contributed by atoms with Gasteiger partial charge in [0.15, 0.2) is 18.2 Å². The molecule has 0 N–H and O–H groups in total. The molecule has 0 amide bonds. The Labute approximate surface area is 178 Å². The molecule has 0 radical (unpaired) electrons. The highest BCUT2D eigenvalue weighted by molar-refractivity contribution is 6.00. The maximum absolute atomic E-state index is 13.6. The van der Waals surface area contributed by atoms with Crippen molar-refractivity contribution in [2.75, 3.05) is 13.2 Å². The molecule has 0 bridgehead atoms. The molecular formula is C26H28FNO2. The molecule has 0 fully saturated rings. The second-order valence-electron chi connectivity index (χ2n) is 7.53. The van der Waals surface area contributed by atoms with Crippen LogP contribution in [-0.4, -0.2) is 18.9 Å². The normalized spacial score (nSPS) is 11.5. The van der Waals surface area contributed by atoms with Crippen molar-refractivity contribution in [1.82, 2.24) is 0 Å². The summed E-state index contributed by atoms with van der Waals surface area (Å²) in [6, 6.07) is 25.0. The average Bonchev–Trinajstić information content (AvgIpc) is 2.77. The second-order valence-corrected chi connectivity index (χ2v) is 7.53. The minimum atomic E-state index is -0.378. The van der Waals surface area contributed by atoms with Gasteiger partial charge in [0.2, 0.25) is 0 Å². The van der Waals surface area contributed by atoms with E-state index in [2.05, 4.69) is 55.4 Å². The van der Waals surface area contributed by atoms with E-state index in [-0.39, 0.29) is 24.8 Å². The summed E-state index contributed by atoms with van der Waals surface area (Å²) in [5.41, 5.74) is 4.31. The van der Waals surface area contributed by atoms with E-state index in [1.807, 2.05) is 18.2 Å². The van der Waals surface area contributed by atoms with Crippen molar-refractivity contribution < 1.29 is 14.0 Å². The molecule has 0 saturated carbocycles. The SMILES string of the molecule is CC(C)CC/C(=N\OCCOc1ccccc1F)c1ccc(-c2ccccc2)cc1. The van der Waals surface area contributed by atoms with Gasteiger partial charge in [-0.3, -0.25) is 0 Å². The van der Waals surface area contributed by atoms with Crippen LogP contribution >= 0.6 is 0 Å². The second kappa shape index (κ2) is 11.1. The van der Waals surface area contributed by atoms with E-state index < -0.39 is 0 Å². The van der Waals surface area contributed by atoms with Gasteiger partial charge in [-0.15, -0.1) is 0 Å². The quantitative estimate of drug-likeness (QED) is 0.213. The number of nitrogens with zero attached hydrogens (tertiary/aromatic N) is 1. The average molecular weight is 406 g/mol. The number of hydrogen-bond donors (Lipinski definition) is 0. The lowest BCUT2D eigenvalue weighted by Crippen LogP contribution is -2.08. The standard InChI is InChI=1S/C26H28FNO2/c1-20(2)12-17-25(28-30-19-18-29-26-11-7-6-10-24(26)27)23-15-13-22(14-16-23)21-8-4-3-5-9-21/h3-11,13-16,20H,12,17-19H2,1-2H3/b28-25+. The number of oxime groups is 1. The van der Waals surface area contributed by atoms with Crippen molar-refractivity contribution in [3.05, 3.63) is 90.2 Å². The van der Waals surface area contributed by atoms with Gasteiger partial charge < -0.3 is 9.57 Å². The Hall–Kier alpha value is -3.14. The van der Waals surface area contributed by atoms with E-state index in [9.17, 15) is 4.39 Å². The van der Waals surface area contributed by atoms with Crippen LogP contribution in [0.5, 0.6) is 5.75 Å². The number of hydrogen-bond acceptors (Lipinski definition) is 3. The predicted octanol–water partition coefficient (Wildman–Crippen LogP) is 6.73. The molecule has 0 aliphatic heterocycles. The topological polar surface area (TPSA) is 30.8 Å². The van der Waals surface area contributed by atoms with Crippen molar-refractivity contribution in [2.24, 2.45) is 11.1 Å². The Balaban J connectivity index is 1.62. The summed E-state index contributed by atoms with van der Waals surface area (Å²) in [5, 5.41) is 4.36. The summed E-state index contributed by atoms with van der Waals surface area (Å²) < 4.78 is 19.0. The number of ether oxygens (including phenoxy) is 1. The zero-order chi connectivity index (χ0) is 21.2. The van der Waals surface area contributed by atoms with Crippen molar-refractivity contribution in [3.8, 4) is 16.9 Å². The van der Waals surface area contributed by atoms with E-state index in [1.165, 1.54) is 17.2 Å². The van der Waals surface area contributed by atoms with E-state index >= 15 is 0 Å². The first-order valence-corrected chi connectivity index (χ1v) is 10.4. The fourth-order valence-corrected chi connectivity index (χ4v) is 3.03. The largest absolute Gasteiger partial charge is 0.487 e. The van der Waals surface area contributed by atoms with Crippen LogP contribution in [0.15, 0.2) is 84.0 Å². The first kappa shape index (κ1) is 21.6. The van der Waals surface area contributed by atoms with Crippen LogP contribution < -0.4 is 4.74 Å². The van der Waals surface area contributed by atoms with Gasteiger partial charge in [0.05, 0.1) is 5.71 Å². The van der Waals surface area contributed by atoms with Crippen LogP contribution in [0.4, 0.5) is 4.39 Å². The summed E-state index contributed by atoms with van der Waals surface area (Å²) in [6.07, 6.45) is 1.85. The monoisotopic (exact) mass is 405 g/mol. The first-order chi connectivity index (χ1) is 14.6. The highest BCUT2D eigenvalue weighted by Gasteiger charge is 2.08. The Morgan fingerprint density at radius 3 is 2.20 bits per heavy atom. The molecule has 0 unspecified atom stereocenters. The molecule has 0 heterocycles. The number of benzene rings is 3. The molecule has 0 spiro atoms. The molecule has 0 aliphatic carbocycles. The molecule has 4 heteroatoms. The fourth-order valence-electron chi connectivity index (χ4n) is 3.03. The van der Waals surface area contributed by atoms with Crippen LogP contribution in [0.25, 0.3) is 11.1 Å². The molecule has 156 valence electrons. The maximum Gasteiger partial charge on any atom is 0.165 e. The summed E-state index contributed by atoms with van der Waals surface area (Å²) in [7, 11) is 0. The van der Waals surface area contributed by atoms with E-state index in [0.717, 1.165) is 24.1 Å². The summed E-state index contributed by atoms with van der Waals surface area (Å²) in [5.74, 6) is 0.418. The Morgan fingerprint density at radius 2 is 1.50 bits per heavy atom. The van der Waals surface area contributed by atoms with Gasteiger partial charge in [-0.1, -0.05) is 85.7 Å². The van der Waals surface area contributed by atoms with Crippen molar-refractivity contribution >= 4 is 5.71 Å². The molecule has 3 aromatic carbocycles. The number of para-hydroxylation sites is 1. The summed E-state index contributed by atoms with van der Waals surface area (Å²) >= 11 is 0. The van der Waals surface area contributed by atoms with Crippen molar-refractivity contribution in [3.63, 3.8) is 0 Å². The number of halogens is 1. The molecule has 0 aliphatic rings. The third-order valence-electron chi connectivity index (χ3n) is 4.73. The fraction of sp³-hybridized carbons (Fsp3) is 0.269. The van der Waals surface area contributed by atoms with Crippen molar-refractivity contribution in [2.45, 2.75) is 26.7 Å². The molecule has 0 saturated heterocycles. The van der Waals surface area contributed by atoms with Crippen LogP contribution in [0.3, 0.4) is 0 Å². The zero-order valence-electron chi connectivity index (χ0n) is 17.6. The van der Waals surface area contributed by atoms with E-state index in [1.54, 1.807) is 18.2 Å². The molecule has 3 rings (SSSR count). The van der Waals surface area contributed by atoms with Gasteiger partial charge in [0.25, 0.3) is 0 Å². The Bertz CT molecular complexity index is 937. The molecular weight excluding hydrogens is 377 g/mol. The van der Waals surface area contributed by atoms with Gasteiger partial charge in [0.1, 0.15) is 6.61 Å². The number of rotatable bonds is 10. The Morgan fingerprint density at radius 1 is 0.833 bits per heavy atom. The third kappa shape index (κ3) is 6.45. The van der Waals surface area contributed by atoms with E-state index in [4.69, 9.17) is 9.57 Å². The van der Waals surface area contributed by atoms with Crippen LogP contribution in [0.2, 0.25) is 0 Å². The minimum Gasteiger partial charge on any atom is -0.487 e. The van der Waals surface area contributed by atoms with Gasteiger partial charge >= 0.3 is 0 Å². The summed E-state index contributed by atoms with van der Waals surface area (Å²) in [6.45, 7) is 4.87. The van der Waals surface area contributed by atoms with Gasteiger partial charge in [-0.2, -0.15) is 0 Å². The van der Waals surface area contributed by atoms with Crippen LogP contribution in [0.1, 0.15) is 32.3 Å². The lowest BCUT2D eigenvalue weighted by molar-refractivity contribution is 0.105. The zero-order valence-corrected chi connectivity index (χ0v) is 17.6. The molecule has 0 aromatic heterocycles. The van der Waals surface area contributed by atoms with Gasteiger partial charge in [0, 0.05) is 0 Å². The minimum absolute atomic E-state index is 0.224. The molecule has 3 nitrogen and oxygen atoms in total. The van der Waals surface area contributed by atoms with Gasteiger partial charge in [-0.05, 0) is 47.6 Å². The summed E-state index contributed by atoms with van der Waals surface area (Å²) in [4.78, 5) is 5.50. The van der Waals surface area contributed by atoms with Gasteiger partial charge in [-0.25, -0.2) is 4.39 Å². The highest BCUT2D eigenvalue weighted by atomic mass is 19.1. The lowest BCUT2D eigenvalue weighted by Gasteiger charge is -2.11. The third-order valence-corrected chi connectivity index (χ3v) is 4.73. The first-order valence-electron chi connectivity index (χ1n) is 10.4. The highest BCUT2D eigenvalue weighted by Crippen LogP contribution is 2.21.